The van der Waals surface area contributed by atoms with Gasteiger partial charge in [0.05, 0.1) is 18.6 Å². The Morgan fingerprint density at radius 3 is 2.42 bits per heavy atom. The second kappa shape index (κ2) is 6.81. The molecule has 2 saturated heterocycles. The first-order chi connectivity index (χ1) is 11.5. The Morgan fingerprint density at radius 2 is 1.79 bits per heavy atom. The van der Waals surface area contributed by atoms with Crippen LogP contribution < -0.4 is 4.90 Å². The van der Waals surface area contributed by atoms with E-state index in [1.165, 1.54) is 0 Å². The summed E-state index contributed by atoms with van der Waals surface area (Å²) in [6.45, 7) is 5.77. The van der Waals surface area contributed by atoms with E-state index in [-0.39, 0.29) is 12.5 Å². The first-order valence-electron chi connectivity index (χ1n) is 8.45. The lowest BCUT2D eigenvalue weighted by Gasteiger charge is -2.37. The summed E-state index contributed by atoms with van der Waals surface area (Å²) < 4.78 is 5.35. The monoisotopic (exact) mass is 332 g/mol. The normalized spacial score (nSPS) is 24.7. The highest BCUT2D eigenvalue weighted by molar-refractivity contribution is 5.95. The van der Waals surface area contributed by atoms with E-state index >= 15 is 0 Å². The van der Waals surface area contributed by atoms with Crippen LogP contribution in [0.25, 0.3) is 0 Å². The summed E-state index contributed by atoms with van der Waals surface area (Å²) in [7, 11) is 0. The van der Waals surface area contributed by atoms with Crippen LogP contribution in [-0.4, -0.2) is 61.3 Å². The molecular weight excluding hydrogens is 308 g/mol. The van der Waals surface area contributed by atoms with Crippen LogP contribution in [0.3, 0.4) is 0 Å². The molecule has 1 aromatic carbocycles. The van der Waals surface area contributed by atoms with Crippen molar-refractivity contribution >= 4 is 17.6 Å². The summed E-state index contributed by atoms with van der Waals surface area (Å²) >= 11 is 0. The number of amides is 1. The van der Waals surface area contributed by atoms with Crippen molar-refractivity contribution in [3.63, 3.8) is 0 Å². The fourth-order valence-electron chi connectivity index (χ4n) is 3.41. The largest absolute Gasteiger partial charge is 0.481 e. The van der Waals surface area contributed by atoms with E-state index in [1.807, 2.05) is 24.3 Å². The molecule has 3 rings (SSSR count). The lowest BCUT2D eigenvalue weighted by atomic mass is 9.82. The third-order valence-electron chi connectivity index (χ3n) is 4.99. The van der Waals surface area contributed by atoms with Gasteiger partial charge in [-0.2, -0.15) is 0 Å². The van der Waals surface area contributed by atoms with Crippen LogP contribution in [-0.2, 0) is 9.53 Å². The third-order valence-corrected chi connectivity index (χ3v) is 4.99. The number of hydrogen-bond acceptors (Lipinski definition) is 4. The highest BCUT2D eigenvalue weighted by Crippen LogP contribution is 2.30. The van der Waals surface area contributed by atoms with Gasteiger partial charge in [0.1, 0.15) is 0 Å². The van der Waals surface area contributed by atoms with Gasteiger partial charge in [-0.25, -0.2) is 0 Å². The summed E-state index contributed by atoms with van der Waals surface area (Å²) in [4.78, 5) is 28.0. The Labute approximate surface area is 142 Å². The molecule has 24 heavy (non-hydrogen) atoms. The third kappa shape index (κ3) is 3.38. The molecule has 2 aliphatic rings. The molecule has 6 heteroatoms. The number of nitrogens with zero attached hydrogens (tertiary/aromatic N) is 2. The summed E-state index contributed by atoms with van der Waals surface area (Å²) in [6, 6.07) is 7.58. The zero-order valence-electron chi connectivity index (χ0n) is 14.0. The van der Waals surface area contributed by atoms with Crippen LogP contribution in [0.4, 0.5) is 5.69 Å². The number of carbonyl (C=O) groups is 2. The summed E-state index contributed by atoms with van der Waals surface area (Å²) in [5.41, 5.74) is 0.854. The molecule has 0 saturated carbocycles. The number of ether oxygens (including phenoxy) is 1. The number of anilines is 1. The maximum atomic E-state index is 12.7. The fourth-order valence-corrected chi connectivity index (χ4v) is 3.41. The summed E-state index contributed by atoms with van der Waals surface area (Å²) in [6.07, 6.45) is 1.34. The molecule has 2 heterocycles. The van der Waals surface area contributed by atoms with E-state index in [4.69, 9.17) is 4.74 Å². The minimum Gasteiger partial charge on any atom is -0.481 e. The van der Waals surface area contributed by atoms with E-state index in [9.17, 15) is 14.7 Å². The summed E-state index contributed by atoms with van der Waals surface area (Å²) in [5.74, 6) is -0.918. The molecule has 0 aliphatic carbocycles. The molecule has 1 N–H and O–H groups in total. The Balaban J connectivity index is 1.69. The molecule has 0 spiro atoms. The van der Waals surface area contributed by atoms with Gasteiger partial charge in [0, 0.05) is 37.4 Å². The topological polar surface area (TPSA) is 70.1 Å². The molecule has 1 atom stereocenters. The lowest BCUT2D eigenvalue weighted by molar-refractivity contribution is -0.150. The molecule has 1 unspecified atom stereocenters. The number of carbonyl (C=O) groups excluding carboxylic acids is 1. The number of morpholine rings is 1. The zero-order chi connectivity index (χ0) is 17.2. The van der Waals surface area contributed by atoms with Crippen molar-refractivity contribution in [3.05, 3.63) is 29.8 Å². The molecule has 2 aliphatic heterocycles. The molecule has 1 aromatic rings. The number of carboxylic acids is 1. The van der Waals surface area contributed by atoms with Gasteiger partial charge in [0.25, 0.3) is 5.91 Å². The van der Waals surface area contributed by atoms with Crippen LogP contribution in [0, 0.1) is 5.41 Å². The van der Waals surface area contributed by atoms with Gasteiger partial charge in [0.2, 0.25) is 0 Å². The van der Waals surface area contributed by atoms with E-state index in [1.54, 1.807) is 11.8 Å². The van der Waals surface area contributed by atoms with Crippen LogP contribution >= 0.6 is 0 Å². The lowest BCUT2D eigenvalue weighted by Crippen LogP contribution is -2.48. The second-order valence-corrected chi connectivity index (χ2v) is 6.84. The molecular formula is C18H24N2O4. The van der Waals surface area contributed by atoms with Crippen molar-refractivity contribution in [2.24, 2.45) is 5.41 Å². The van der Waals surface area contributed by atoms with Gasteiger partial charge in [-0.1, -0.05) is 0 Å². The van der Waals surface area contributed by atoms with Gasteiger partial charge < -0.3 is 19.6 Å². The standard InChI is InChI=1S/C18H24N2O4/c1-18(17(22)23)7-2-8-20(13-18)16(21)14-3-5-15(6-4-14)19-9-11-24-12-10-19/h3-6H,2,7-13H2,1H3,(H,22,23). The average Bonchev–Trinajstić information content (AvgIpc) is 2.62. The quantitative estimate of drug-likeness (QED) is 0.915. The number of hydrogen-bond donors (Lipinski definition) is 1. The predicted octanol–water partition coefficient (Wildman–Crippen LogP) is 1.85. The number of likely N-dealkylation sites (tertiary alicyclic amines) is 1. The highest BCUT2D eigenvalue weighted by Gasteiger charge is 2.39. The van der Waals surface area contributed by atoms with Crippen molar-refractivity contribution in [3.8, 4) is 0 Å². The minimum atomic E-state index is -0.846. The van der Waals surface area contributed by atoms with Gasteiger partial charge >= 0.3 is 5.97 Å². The van der Waals surface area contributed by atoms with Crippen molar-refractivity contribution in [2.75, 3.05) is 44.3 Å². The van der Waals surface area contributed by atoms with Crippen molar-refractivity contribution in [2.45, 2.75) is 19.8 Å². The van der Waals surface area contributed by atoms with E-state index in [0.717, 1.165) is 38.4 Å². The molecule has 130 valence electrons. The van der Waals surface area contributed by atoms with Crippen LogP contribution in [0.2, 0.25) is 0 Å². The maximum Gasteiger partial charge on any atom is 0.311 e. The number of rotatable bonds is 3. The molecule has 2 fully saturated rings. The number of aliphatic carboxylic acids is 1. The van der Waals surface area contributed by atoms with Gasteiger partial charge in [-0.3, -0.25) is 9.59 Å². The van der Waals surface area contributed by atoms with Crippen molar-refractivity contribution in [1.82, 2.24) is 4.90 Å². The molecule has 0 radical (unpaired) electrons. The highest BCUT2D eigenvalue weighted by atomic mass is 16.5. The predicted molar refractivity (Wildman–Crippen MR) is 90.4 cm³/mol. The number of carboxylic acid groups (broad SMARTS) is 1. The van der Waals surface area contributed by atoms with Crippen molar-refractivity contribution in [1.29, 1.82) is 0 Å². The Kier molecular flexibility index (Phi) is 4.76. The van der Waals surface area contributed by atoms with E-state index in [0.29, 0.717) is 18.5 Å². The van der Waals surface area contributed by atoms with Crippen molar-refractivity contribution < 1.29 is 19.4 Å². The summed E-state index contributed by atoms with van der Waals surface area (Å²) in [5, 5.41) is 9.39. The van der Waals surface area contributed by atoms with Crippen LogP contribution in [0.15, 0.2) is 24.3 Å². The average molecular weight is 332 g/mol. The molecule has 1 amide bonds. The Morgan fingerprint density at radius 1 is 1.12 bits per heavy atom. The Bertz CT molecular complexity index is 610. The number of benzene rings is 1. The minimum absolute atomic E-state index is 0.0873. The molecule has 6 nitrogen and oxygen atoms in total. The smallest absolute Gasteiger partial charge is 0.311 e. The van der Waals surface area contributed by atoms with E-state index in [2.05, 4.69) is 4.90 Å². The zero-order valence-corrected chi connectivity index (χ0v) is 14.0. The maximum absolute atomic E-state index is 12.7. The van der Waals surface area contributed by atoms with Gasteiger partial charge in [-0.15, -0.1) is 0 Å². The van der Waals surface area contributed by atoms with Crippen LogP contribution in [0.1, 0.15) is 30.1 Å². The SMILES string of the molecule is CC1(C(=O)O)CCCN(C(=O)c2ccc(N3CCOCC3)cc2)C1. The fraction of sp³-hybridized carbons (Fsp3) is 0.556. The van der Waals surface area contributed by atoms with Gasteiger partial charge in [-0.05, 0) is 44.0 Å². The number of piperidine rings is 1. The molecule has 0 bridgehead atoms. The second-order valence-electron chi connectivity index (χ2n) is 6.84. The first kappa shape index (κ1) is 16.8. The van der Waals surface area contributed by atoms with Crippen LogP contribution in [0.5, 0.6) is 0 Å². The first-order valence-corrected chi connectivity index (χ1v) is 8.45. The Hall–Kier alpha value is -2.08. The van der Waals surface area contributed by atoms with E-state index < -0.39 is 11.4 Å². The molecule has 0 aromatic heterocycles. The van der Waals surface area contributed by atoms with Gasteiger partial charge in [0.15, 0.2) is 0 Å².